The Morgan fingerprint density at radius 2 is 1.96 bits per heavy atom. The highest BCUT2D eigenvalue weighted by Gasteiger charge is 2.32. The van der Waals surface area contributed by atoms with Gasteiger partial charge in [0.1, 0.15) is 0 Å². The van der Waals surface area contributed by atoms with Gasteiger partial charge in [-0.05, 0) is 50.5 Å². The molecule has 0 bridgehead atoms. The molecule has 2 heterocycles. The molecule has 3 rings (SSSR count). The molecule has 1 atom stereocenters. The largest absolute Gasteiger partial charge is 0.353 e. The molecule has 0 aliphatic carbocycles. The third-order valence-corrected chi connectivity index (χ3v) is 7.21. The van der Waals surface area contributed by atoms with Crippen LogP contribution in [0.3, 0.4) is 0 Å². The highest BCUT2D eigenvalue weighted by Crippen LogP contribution is 2.26. The van der Waals surface area contributed by atoms with Gasteiger partial charge in [-0.2, -0.15) is 4.31 Å². The summed E-state index contributed by atoms with van der Waals surface area (Å²) in [5, 5.41) is 3.91. The summed E-state index contributed by atoms with van der Waals surface area (Å²) in [6, 6.07) is 7.31. The summed E-state index contributed by atoms with van der Waals surface area (Å²) in [4.78, 5) is 12.6. The highest BCUT2D eigenvalue weighted by atomic mass is 32.2. The van der Waals surface area contributed by atoms with Crippen LogP contribution in [0.4, 0.5) is 0 Å². The number of sulfonamides is 1. The van der Waals surface area contributed by atoms with E-state index < -0.39 is 10.0 Å². The first kappa shape index (κ1) is 18.9. The molecule has 142 valence electrons. The molecule has 7 heteroatoms. The third-order valence-electron chi connectivity index (χ3n) is 5.32. The maximum Gasteiger partial charge on any atom is 0.243 e. The summed E-state index contributed by atoms with van der Waals surface area (Å²) >= 11 is 0. The molecule has 0 saturated carbocycles. The number of fused-ring (bicyclic) bond motifs is 1. The Labute approximate surface area is 155 Å². The first-order chi connectivity index (χ1) is 12.3. The maximum atomic E-state index is 13.0. The predicted molar refractivity (Wildman–Crippen MR) is 102 cm³/mol. The molecule has 6 nitrogen and oxygen atoms in total. The Kier molecular flexibility index (Phi) is 5.39. The summed E-state index contributed by atoms with van der Waals surface area (Å²) < 4.78 is 29.4. The molecule has 1 aromatic carbocycles. The average Bonchev–Trinajstić information content (AvgIpc) is 3.02. The van der Waals surface area contributed by atoms with Crippen LogP contribution in [0.5, 0.6) is 0 Å². The summed E-state index contributed by atoms with van der Waals surface area (Å²) in [5.74, 6) is -0.0610. The van der Waals surface area contributed by atoms with Crippen LogP contribution in [-0.4, -0.2) is 42.3 Å². The Morgan fingerprint density at radius 3 is 2.62 bits per heavy atom. The van der Waals surface area contributed by atoms with E-state index >= 15 is 0 Å². The van der Waals surface area contributed by atoms with Gasteiger partial charge in [-0.25, -0.2) is 8.42 Å². The molecule has 26 heavy (non-hydrogen) atoms. The van der Waals surface area contributed by atoms with Crippen LogP contribution >= 0.6 is 0 Å². The number of piperidine rings is 1. The monoisotopic (exact) mass is 377 g/mol. The van der Waals surface area contributed by atoms with Gasteiger partial charge in [0.25, 0.3) is 0 Å². The summed E-state index contributed by atoms with van der Waals surface area (Å²) in [6.07, 6.45) is 3.94. The quantitative estimate of drug-likeness (QED) is 0.870. The van der Waals surface area contributed by atoms with Gasteiger partial charge in [0.05, 0.1) is 4.90 Å². The summed E-state index contributed by atoms with van der Waals surface area (Å²) in [5.41, 5.74) is 1.00. The zero-order valence-electron chi connectivity index (χ0n) is 15.6. The van der Waals surface area contributed by atoms with Gasteiger partial charge in [-0.15, -0.1) is 0 Å². The lowest BCUT2D eigenvalue weighted by Gasteiger charge is -2.31. The highest BCUT2D eigenvalue weighted by molar-refractivity contribution is 7.89. The third kappa shape index (κ3) is 3.64. The van der Waals surface area contributed by atoms with Crippen LogP contribution in [0.1, 0.15) is 33.1 Å². The second kappa shape index (κ2) is 7.40. The van der Waals surface area contributed by atoms with Crippen molar-refractivity contribution in [3.05, 3.63) is 30.5 Å². The summed E-state index contributed by atoms with van der Waals surface area (Å²) in [6.45, 7) is 4.78. The molecular formula is C19H27N3O3S. The van der Waals surface area contributed by atoms with Crippen molar-refractivity contribution in [3.8, 4) is 0 Å². The second-order valence-electron chi connectivity index (χ2n) is 7.14. The standard InChI is InChI=1S/C19H27N3O3S/c1-4-14(2)20-19(23)15-8-11-22(12-9-15)26(24,25)17-5-6-18-16(13-17)7-10-21(18)3/h5-7,10,13-15H,4,8-9,11-12H2,1-3H3,(H,20,23). The number of aromatic nitrogens is 1. The van der Waals surface area contributed by atoms with Crippen LogP contribution in [0, 0.1) is 5.92 Å². The number of nitrogens with zero attached hydrogens (tertiary/aromatic N) is 2. The Morgan fingerprint density at radius 1 is 1.27 bits per heavy atom. The molecule has 1 saturated heterocycles. The number of aryl methyl sites for hydroxylation is 1. The van der Waals surface area contributed by atoms with Crippen LogP contribution in [-0.2, 0) is 21.9 Å². The molecule has 0 spiro atoms. The first-order valence-electron chi connectivity index (χ1n) is 9.18. The SMILES string of the molecule is CCC(C)NC(=O)C1CCN(S(=O)(=O)c2ccc3c(ccn3C)c2)CC1. The normalized spacial score (nSPS) is 18.1. The minimum absolute atomic E-state index is 0.0436. The van der Waals surface area contributed by atoms with Crippen molar-refractivity contribution >= 4 is 26.8 Å². The Bertz CT molecular complexity index is 896. The van der Waals surface area contributed by atoms with Gasteiger partial charge in [-0.3, -0.25) is 4.79 Å². The van der Waals surface area contributed by atoms with Crippen LogP contribution < -0.4 is 5.32 Å². The van der Waals surface area contributed by atoms with Crippen LogP contribution in [0.25, 0.3) is 10.9 Å². The molecule has 1 N–H and O–H groups in total. The molecule has 1 unspecified atom stereocenters. The number of nitrogens with one attached hydrogen (secondary N) is 1. The lowest BCUT2D eigenvalue weighted by atomic mass is 9.97. The molecule has 1 fully saturated rings. The Balaban J connectivity index is 1.70. The number of benzene rings is 1. The smallest absolute Gasteiger partial charge is 0.243 e. The molecule has 0 radical (unpaired) electrons. The van der Waals surface area contributed by atoms with E-state index in [1.165, 1.54) is 4.31 Å². The molecule has 1 amide bonds. The minimum atomic E-state index is -3.53. The Hall–Kier alpha value is -1.86. The number of carbonyl (C=O) groups excluding carboxylic acids is 1. The van der Waals surface area contributed by atoms with Crippen molar-refractivity contribution in [1.82, 2.24) is 14.2 Å². The van der Waals surface area contributed by atoms with Crippen molar-refractivity contribution in [2.45, 2.75) is 44.0 Å². The van der Waals surface area contributed by atoms with E-state index in [0.29, 0.717) is 30.8 Å². The predicted octanol–water partition coefficient (Wildman–Crippen LogP) is 2.49. The average molecular weight is 378 g/mol. The van der Waals surface area contributed by atoms with E-state index in [1.54, 1.807) is 12.1 Å². The van der Waals surface area contributed by atoms with E-state index in [-0.39, 0.29) is 17.9 Å². The van der Waals surface area contributed by atoms with E-state index in [0.717, 1.165) is 17.3 Å². The molecular weight excluding hydrogens is 350 g/mol. The van der Waals surface area contributed by atoms with Crippen molar-refractivity contribution in [3.63, 3.8) is 0 Å². The van der Waals surface area contributed by atoms with E-state index in [9.17, 15) is 13.2 Å². The zero-order chi connectivity index (χ0) is 18.9. The van der Waals surface area contributed by atoms with Gasteiger partial charge in [0.15, 0.2) is 0 Å². The molecule has 1 aromatic heterocycles. The summed E-state index contributed by atoms with van der Waals surface area (Å²) in [7, 11) is -1.59. The number of amides is 1. The zero-order valence-corrected chi connectivity index (χ0v) is 16.4. The molecule has 2 aromatic rings. The van der Waals surface area contributed by atoms with Crippen LogP contribution in [0.15, 0.2) is 35.4 Å². The van der Waals surface area contributed by atoms with Gasteiger partial charge < -0.3 is 9.88 Å². The van der Waals surface area contributed by atoms with Crippen molar-refractivity contribution < 1.29 is 13.2 Å². The fraction of sp³-hybridized carbons (Fsp3) is 0.526. The lowest BCUT2D eigenvalue weighted by Crippen LogP contribution is -2.44. The second-order valence-corrected chi connectivity index (χ2v) is 9.08. The van der Waals surface area contributed by atoms with E-state index in [1.807, 2.05) is 43.8 Å². The van der Waals surface area contributed by atoms with Crippen LogP contribution in [0.2, 0.25) is 0 Å². The number of carbonyl (C=O) groups is 1. The van der Waals surface area contributed by atoms with Gasteiger partial charge >= 0.3 is 0 Å². The van der Waals surface area contributed by atoms with Crippen molar-refractivity contribution in [1.29, 1.82) is 0 Å². The topological polar surface area (TPSA) is 71.4 Å². The minimum Gasteiger partial charge on any atom is -0.353 e. The van der Waals surface area contributed by atoms with E-state index in [4.69, 9.17) is 0 Å². The van der Waals surface area contributed by atoms with Crippen molar-refractivity contribution in [2.24, 2.45) is 13.0 Å². The molecule has 1 aliphatic rings. The van der Waals surface area contributed by atoms with Crippen molar-refractivity contribution in [2.75, 3.05) is 13.1 Å². The number of hydrogen-bond donors (Lipinski definition) is 1. The lowest BCUT2D eigenvalue weighted by molar-refractivity contribution is -0.126. The molecule has 1 aliphatic heterocycles. The number of hydrogen-bond acceptors (Lipinski definition) is 3. The maximum absolute atomic E-state index is 13.0. The fourth-order valence-corrected chi connectivity index (χ4v) is 4.90. The van der Waals surface area contributed by atoms with E-state index in [2.05, 4.69) is 5.32 Å². The van der Waals surface area contributed by atoms with Gasteiger partial charge in [0, 0.05) is 49.2 Å². The first-order valence-corrected chi connectivity index (χ1v) is 10.6. The van der Waals surface area contributed by atoms with Gasteiger partial charge in [0.2, 0.25) is 15.9 Å². The number of rotatable bonds is 5. The fourth-order valence-electron chi connectivity index (χ4n) is 3.39. The van der Waals surface area contributed by atoms with Gasteiger partial charge in [-0.1, -0.05) is 6.92 Å².